The third kappa shape index (κ3) is 4.30. The Balaban J connectivity index is 1.79. The molecule has 0 radical (unpaired) electrons. The molecule has 0 spiro atoms. The number of nitrogens with zero attached hydrogens (tertiary/aromatic N) is 3. The van der Waals surface area contributed by atoms with Crippen LogP contribution in [0.2, 0.25) is 0 Å². The lowest BCUT2D eigenvalue weighted by atomic mass is 10.2. The summed E-state index contributed by atoms with van der Waals surface area (Å²) in [6.07, 6.45) is 2.58. The summed E-state index contributed by atoms with van der Waals surface area (Å²) < 4.78 is 53.9. The quantitative estimate of drug-likeness (QED) is 0.424. The van der Waals surface area contributed by atoms with Crippen LogP contribution in [0, 0.1) is 25.5 Å². The van der Waals surface area contributed by atoms with Gasteiger partial charge in [-0.1, -0.05) is 6.92 Å². The van der Waals surface area contributed by atoms with Gasteiger partial charge >= 0.3 is 0 Å². The van der Waals surface area contributed by atoms with Crippen LogP contribution in [0.3, 0.4) is 0 Å². The third-order valence-electron chi connectivity index (χ3n) is 5.22. The second-order valence-corrected chi connectivity index (χ2v) is 9.51. The monoisotopic (exact) mass is 436 g/mol. The second kappa shape index (κ2) is 8.67. The highest BCUT2D eigenvalue weighted by Crippen LogP contribution is 2.27. The van der Waals surface area contributed by atoms with Gasteiger partial charge < -0.3 is 10.3 Å². The standard InChI is InChI=1S/C21H26F2N4O2S/c1-4-7-18-26-19-20(13(2)14(3)25-21(19)24)27(18)10-5-6-11-30(28,29)17-9-8-15(22)12-16(17)23/h8-9,12H,4-7,10-11H2,1-3H3,(H2,24,25). The first-order chi connectivity index (χ1) is 14.2. The molecule has 9 heteroatoms. The minimum atomic E-state index is -3.83. The van der Waals surface area contributed by atoms with E-state index in [-0.39, 0.29) is 5.75 Å². The Kier molecular flexibility index (Phi) is 6.40. The van der Waals surface area contributed by atoms with Crippen molar-refractivity contribution in [1.29, 1.82) is 0 Å². The van der Waals surface area contributed by atoms with Gasteiger partial charge in [0.15, 0.2) is 15.7 Å². The highest BCUT2D eigenvalue weighted by atomic mass is 32.2. The van der Waals surface area contributed by atoms with Crippen molar-refractivity contribution in [2.24, 2.45) is 0 Å². The first-order valence-corrected chi connectivity index (χ1v) is 11.6. The van der Waals surface area contributed by atoms with Gasteiger partial charge in [-0.15, -0.1) is 0 Å². The van der Waals surface area contributed by atoms with E-state index < -0.39 is 26.4 Å². The number of hydrogen-bond donors (Lipinski definition) is 1. The number of aryl methyl sites for hydroxylation is 4. The first kappa shape index (κ1) is 22.1. The molecule has 0 aliphatic heterocycles. The summed E-state index contributed by atoms with van der Waals surface area (Å²) in [7, 11) is -3.83. The maximum atomic E-state index is 13.9. The first-order valence-electron chi connectivity index (χ1n) is 9.95. The third-order valence-corrected chi connectivity index (χ3v) is 7.05. The summed E-state index contributed by atoms with van der Waals surface area (Å²) in [6.45, 7) is 6.50. The average molecular weight is 437 g/mol. The molecule has 2 heterocycles. The van der Waals surface area contributed by atoms with Crippen molar-refractivity contribution in [3.05, 3.63) is 46.9 Å². The minimum absolute atomic E-state index is 0.215. The van der Waals surface area contributed by atoms with Crippen molar-refractivity contribution in [2.45, 2.75) is 57.9 Å². The maximum Gasteiger partial charge on any atom is 0.181 e. The number of hydrogen-bond acceptors (Lipinski definition) is 5. The van der Waals surface area contributed by atoms with Gasteiger partial charge in [0.2, 0.25) is 0 Å². The van der Waals surface area contributed by atoms with Crippen molar-refractivity contribution < 1.29 is 17.2 Å². The zero-order valence-corrected chi connectivity index (χ0v) is 18.2. The topological polar surface area (TPSA) is 90.9 Å². The molecule has 0 aliphatic carbocycles. The van der Waals surface area contributed by atoms with E-state index in [4.69, 9.17) is 5.73 Å². The number of anilines is 1. The fourth-order valence-electron chi connectivity index (χ4n) is 3.60. The van der Waals surface area contributed by atoms with Gasteiger partial charge in [-0.2, -0.15) is 0 Å². The van der Waals surface area contributed by atoms with Gasteiger partial charge in [0.05, 0.1) is 11.3 Å². The molecule has 3 rings (SSSR count). The summed E-state index contributed by atoms with van der Waals surface area (Å²) in [5.74, 6) is -0.801. The largest absolute Gasteiger partial charge is 0.382 e. The summed E-state index contributed by atoms with van der Waals surface area (Å²) in [5.41, 5.74) is 9.50. The van der Waals surface area contributed by atoms with Crippen LogP contribution in [0.4, 0.5) is 14.6 Å². The number of fused-ring (bicyclic) bond motifs is 1. The zero-order valence-electron chi connectivity index (χ0n) is 17.4. The number of aromatic nitrogens is 3. The molecule has 0 saturated carbocycles. The van der Waals surface area contributed by atoms with Crippen molar-refractivity contribution >= 4 is 26.7 Å². The van der Waals surface area contributed by atoms with E-state index in [1.54, 1.807) is 0 Å². The van der Waals surface area contributed by atoms with E-state index in [1.165, 1.54) is 0 Å². The van der Waals surface area contributed by atoms with Crippen LogP contribution in [0.15, 0.2) is 23.1 Å². The predicted octanol–water partition coefficient (Wildman–Crippen LogP) is 4.12. The summed E-state index contributed by atoms with van der Waals surface area (Å²) in [6, 6.07) is 2.52. The maximum absolute atomic E-state index is 13.9. The molecule has 2 aromatic heterocycles. The van der Waals surface area contributed by atoms with Crippen LogP contribution < -0.4 is 5.73 Å². The molecule has 162 valence electrons. The smallest absolute Gasteiger partial charge is 0.181 e. The van der Waals surface area contributed by atoms with Crippen LogP contribution >= 0.6 is 0 Å². The number of halogens is 2. The zero-order chi connectivity index (χ0) is 22.1. The lowest BCUT2D eigenvalue weighted by Crippen LogP contribution is -2.11. The second-order valence-electron chi connectivity index (χ2n) is 7.44. The molecule has 0 fully saturated rings. The Morgan fingerprint density at radius 2 is 1.87 bits per heavy atom. The molecule has 0 saturated heterocycles. The Labute approximate surface area is 175 Å². The molecule has 0 unspecified atom stereocenters. The van der Waals surface area contributed by atoms with Crippen molar-refractivity contribution in [3.8, 4) is 0 Å². The van der Waals surface area contributed by atoms with Gasteiger partial charge in [-0.05, 0) is 50.8 Å². The van der Waals surface area contributed by atoms with E-state index in [1.807, 2.05) is 13.8 Å². The van der Waals surface area contributed by atoms with Gasteiger partial charge in [-0.25, -0.2) is 27.2 Å². The fourth-order valence-corrected chi connectivity index (χ4v) is 5.04. The number of nitrogens with two attached hydrogens (primary N) is 1. The van der Waals surface area contributed by atoms with E-state index in [2.05, 4.69) is 21.5 Å². The Bertz CT molecular complexity index is 1190. The Morgan fingerprint density at radius 1 is 1.13 bits per heavy atom. The molecular formula is C21H26F2N4O2S. The van der Waals surface area contributed by atoms with Crippen LogP contribution in [-0.2, 0) is 22.8 Å². The highest BCUT2D eigenvalue weighted by molar-refractivity contribution is 7.91. The van der Waals surface area contributed by atoms with Gasteiger partial charge in [0.25, 0.3) is 0 Å². The molecule has 0 bridgehead atoms. The Hall–Kier alpha value is -2.55. The fraction of sp³-hybridized carbons (Fsp3) is 0.429. The minimum Gasteiger partial charge on any atom is -0.382 e. The number of sulfone groups is 1. The molecule has 30 heavy (non-hydrogen) atoms. The van der Waals surface area contributed by atoms with Crippen LogP contribution in [0.5, 0.6) is 0 Å². The number of benzene rings is 1. The van der Waals surface area contributed by atoms with Crippen molar-refractivity contribution in [3.63, 3.8) is 0 Å². The van der Waals surface area contributed by atoms with Gasteiger partial charge in [-0.3, -0.25) is 0 Å². The predicted molar refractivity (Wildman–Crippen MR) is 113 cm³/mol. The lowest BCUT2D eigenvalue weighted by Gasteiger charge is -2.12. The number of pyridine rings is 1. The van der Waals surface area contributed by atoms with E-state index in [0.29, 0.717) is 36.8 Å². The normalized spacial score (nSPS) is 12.0. The molecule has 0 aliphatic rings. The molecular weight excluding hydrogens is 410 g/mol. The van der Waals surface area contributed by atoms with E-state index >= 15 is 0 Å². The summed E-state index contributed by atoms with van der Waals surface area (Å²) >= 11 is 0. The SMILES string of the molecule is CCCc1nc2c(N)nc(C)c(C)c2n1CCCCS(=O)(=O)c1ccc(F)cc1F. The summed E-state index contributed by atoms with van der Waals surface area (Å²) in [4.78, 5) is 8.56. The van der Waals surface area contributed by atoms with Crippen LogP contribution in [-0.4, -0.2) is 28.7 Å². The van der Waals surface area contributed by atoms with Crippen molar-refractivity contribution in [2.75, 3.05) is 11.5 Å². The van der Waals surface area contributed by atoms with Gasteiger partial charge in [0.1, 0.15) is 27.9 Å². The summed E-state index contributed by atoms with van der Waals surface area (Å²) in [5, 5.41) is 0. The number of imidazole rings is 1. The molecule has 1 aromatic carbocycles. The van der Waals surface area contributed by atoms with Gasteiger partial charge in [0, 0.05) is 24.7 Å². The van der Waals surface area contributed by atoms with E-state index in [9.17, 15) is 17.2 Å². The molecule has 0 amide bonds. The van der Waals surface area contributed by atoms with E-state index in [0.717, 1.165) is 47.6 Å². The van der Waals surface area contributed by atoms with Crippen molar-refractivity contribution in [1.82, 2.24) is 14.5 Å². The van der Waals surface area contributed by atoms with Crippen LogP contribution in [0.1, 0.15) is 43.3 Å². The number of unbranched alkanes of at least 4 members (excludes halogenated alkanes) is 1. The molecule has 2 N–H and O–H groups in total. The molecule has 6 nitrogen and oxygen atoms in total. The molecule has 0 atom stereocenters. The number of nitrogen functional groups attached to an aromatic ring is 1. The van der Waals surface area contributed by atoms with Crippen LogP contribution in [0.25, 0.3) is 11.0 Å². The molecule has 3 aromatic rings. The number of rotatable bonds is 8. The lowest BCUT2D eigenvalue weighted by molar-refractivity contribution is 0.545. The highest BCUT2D eigenvalue weighted by Gasteiger charge is 2.20. The Morgan fingerprint density at radius 3 is 2.53 bits per heavy atom. The average Bonchev–Trinajstić information content (AvgIpc) is 3.02.